The molecule has 0 heterocycles. The number of rotatable bonds is 5. The molecule has 0 atom stereocenters. The fourth-order valence-corrected chi connectivity index (χ4v) is 1.84. The Morgan fingerprint density at radius 2 is 1.67 bits per heavy atom. The van der Waals surface area contributed by atoms with Crippen LogP contribution in [-0.4, -0.2) is 7.11 Å². The van der Waals surface area contributed by atoms with Crippen LogP contribution in [0.25, 0.3) is 0 Å². The average Bonchev–Trinajstić information content (AvgIpc) is 2.41. The number of hydrogen-bond acceptors (Lipinski definition) is 2. The normalized spacial score (nSPS) is 10.3. The van der Waals surface area contributed by atoms with Crippen LogP contribution < -0.4 is 10.1 Å². The molecule has 0 spiro atoms. The molecule has 0 aliphatic carbocycles. The molecule has 0 saturated carbocycles. The van der Waals surface area contributed by atoms with Crippen LogP contribution in [0.3, 0.4) is 0 Å². The standard InChI is InChI=1S/C16H19NO/c1-13-6-8-14(9-7-13)11-17-12-15-4-3-5-16(10-15)18-2/h3-10,17H,11-12H2,1-2H3. The van der Waals surface area contributed by atoms with E-state index in [2.05, 4.69) is 48.6 Å². The zero-order chi connectivity index (χ0) is 12.8. The molecule has 2 rings (SSSR count). The van der Waals surface area contributed by atoms with E-state index in [9.17, 15) is 0 Å². The summed E-state index contributed by atoms with van der Waals surface area (Å²) in [5.74, 6) is 0.907. The van der Waals surface area contributed by atoms with E-state index in [1.54, 1.807) is 7.11 Å². The Balaban J connectivity index is 1.86. The van der Waals surface area contributed by atoms with Gasteiger partial charge in [0.2, 0.25) is 0 Å². The molecule has 2 aromatic carbocycles. The SMILES string of the molecule is COc1cccc(CNCc2ccc(C)cc2)c1. The molecule has 0 aromatic heterocycles. The third-order valence-corrected chi connectivity index (χ3v) is 2.91. The lowest BCUT2D eigenvalue weighted by molar-refractivity contribution is 0.414. The van der Waals surface area contributed by atoms with Crippen molar-refractivity contribution in [2.24, 2.45) is 0 Å². The summed E-state index contributed by atoms with van der Waals surface area (Å²) in [6, 6.07) is 16.7. The van der Waals surface area contributed by atoms with Crippen LogP contribution in [0.15, 0.2) is 48.5 Å². The largest absolute Gasteiger partial charge is 0.497 e. The molecule has 0 radical (unpaired) electrons. The summed E-state index contributed by atoms with van der Waals surface area (Å²) in [5, 5.41) is 3.43. The second kappa shape index (κ2) is 6.22. The molecule has 0 fully saturated rings. The van der Waals surface area contributed by atoms with Crippen molar-refractivity contribution in [3.63, 3.8) is 0 Å². The van der Waals surface area contributed by atoms with Gasteiger partial charge in [0.15, 0.2) is 0 Å². The first-order chi connectivity index (χ1) is 8.78. The third-order valence-electron chi connectivity index (χ3n) is 2.91. The number of aryl methyl sites for hydroxylation is 1. The van der Waals surface area contributed by atoms with Gasteiger partial charge in [-0.15, -0.1) is 0 Å². The quantitative estimate of drug-likeness (QED) is 0.867. The Morgan fingerprint density at radius 3 is 2.39 bits per heavy atom. The number of hydrogen-bond donors (Lipinski definition) is 1. The molecule has 0 saturated heterocycles. The van der Waals surface area contributed by atoms with Crippen molar-refractivity contribution < 1.29 is 4.74 Å². The molecule has 94 valence electrons. The summed E-state index contributed by atoms with van der Waals surface area (Å²) in [5.41, 5.74) is 3.84. The van der Waals surface area contributed by atoms with Gasteiger partial charge in [-0.3, -0.25) is 0 Å². The molecule has 0 bridgehead atoms. The molecule has 0 amide bonds. The van der Waals surface area contributed by atoms with Crippen molar-refractivity contribution in [3.8, 4) is 5.75 Å². The number of nitrogens with one attached hydrogen (secondary N) is 1. The minimum Gasteiger partial charge on any atom is -0.497 e. The molecule has 0 aliphatic heterocycles. The molecule has 1 N–H and O–H groups in total. The van der Waals surface area contributed by atoms with Crippen LogP contribution in [0.5, 0.6) is 5.75 Å². The lowest BCUT2D eigenvalue weighted by Crippen LogP contribution is -2.12. The first kappa shape index (κ1) is 12.7. The Labute approximate surface area is 109 Å². The maximum atomic E-state index is 5.20. The van der Waals surface area contributed by atoms with Gasteiger partial charge in [0.05, 0.1) is 7.11 Å². The summed E-state index contributed by atoms with van der Waals surface area (Å²) in [7, 11) is 1.69. The van der Waals surface area contributed by atoms with Crippen molar-refractivity contribution in [2.75, 3.05) is 7.11 Å². The van der Waals surface area contributed by atoms with Gasteiger partial charge in [-0.05, 0) is 30.2 Å². The Morgan fingerprint density at radius 1 is 0.944 bits per heavy atom. The molecule has 0 unspecified atom stereocenters. The van der Waals surface area contributed by atoms with Crippen molar-refractivity contribution in [1.29, 1.82) is 0 Å². The Hall–Kier alpha value is -1.80. The molecule has 2 aromatic rings. The van der Waals surface area contributed by atoms with Gasteiger partial charge in [0.1, 0.15) is 5.75 Å². The molecular weight excluding hydrogens is 222 g/mol. The zero-order valence-corrected chi connectivity index (χ0v) is 10.9. The summed E-state index contributed by atoms with van der Waals surface area (Å²) in [4.78, 5) is 0. The highest BCUT2D eigenvalue weighted by atomic mass is 16.5. The Kier molecular flexibility index (Phi) is 4.37. The summed E-state index contributed by atoms with van der Waals surface area (Å²) >= 11 is 0. The van der Waals surface area contributed by atoms with E-state index in [1.165, 1.54) is 16.7 Å². The van der Waals surface area contributed by atoms with E-state index in [-0.39, 0.29) is 0 Å². The molecule has 2 nitrogen and oxygen atoms in total. The summed E-state index contributed by atoms with van der Waals surface area (Å²) in [6.07, 6.45) is 0. The lowest BCUT2D eigenvalue weighted by atomic mass is 10.1. The lowest BCUT2D eigenvalue weighted by Gasteiger charge is -2.07. The predicted molar refractivity (Wildman–Crippen MR) is 74.7 cm³/mol. The smallest absolute Gasteiger partial charge is 0.119 e. The second-order valence-corrected chi connectivity index (χ2v) is 4.44. The first-order valence-corrected chi connectivity index (χ1v) is 6.17. The van der Waals surface area contributed by atoms with Crippen LogP contribution in [0.2, 0.25) is 0 Å². The van der Waals surface area contributed by atoms with Crippen molar-refractivity contribution in [1.82, 2.24) is 5.32 Å². The highest BCUT2D eigenvalue weighted by Crippen LogP contribution is 2.12. The van der Waals surface area contributed by atoms with E-state index in [0.29, 0.717) is 0 Å². The van der Waals surface area contributed by atoms with Crippen molar-refractivity contribution in [3.05, 3.63) is 65.2 Å². The van der Waals surface area contributed by atoms with Gasteiger partial charge in [0, 0.05) is 13.1 Å². The predicted octanol–water partition coefficient (Wildman–Crippen LogP) is 3.29. The minimum absolute atomic E-state index is 0.852. The fraction of sp³-hybridized carbons (Fsp3) is 0.250. The van der Waals surface area contributed by atoms with E-state index in [4.69, 9.17) is 4.74 Å². The summed E-state index contributed by atoms with van der Waals surface area (Å²) in [6.45, 7) is 3.84. The Bertz CT molecular complexity index is 491. The molecule has 2 heteroatoms. The van der Waals surface area contributed by atoms with Gasteiger partial charge >= 0.3 is 0 Å². The fourth-order valence-electron chi connectivity index (χ4n) is 1.84. The van der Waals surface area contributed by atoms with Gasteiger partial charge in [0.25, 0.3) is 0 Å². The van der Waals surface area contributed by atoms with Crippen LogP contribution >= 0.6 is 0 Å². The highest BCUT2D eigenvalue weighted by Gasteiger charge is 1.96. The molecule has 18 heavy (non-hydrogen) atoms. The monoisotopic (exact) mass is 241 g/mol. The number of methoxy groups -OCH3 is 1. The van der Waals surface area contributed by atoms with E-state index in [0.717, 1.165) is 18.8 Å². The van der Waals surface area contributed by atoms with Crippen LogP contribution in [0.1, 0.15) is 16.7 Å². The average molecular weight is 241 g/mol. The molecule has 0 aliphatic rings. The van der Waals surface area contributed by atoms with Crippen LogP contribution in [0, 0.1) is 6.92 Å². The first-order valence-electron chi connectivity index (χ1n) is 6.17. The van der Waals surface area contributed by atoms with Crippen molar-refractivity contribution in [2.45, 2.75) is 20.0 Å². The van der Waals surface area contributed by atoms with Crippen LogP contribution in [0.4, 0.5) is 0 Å². The van der Waals surface area contributed by atoms with Crippen molar-refractivity contribution >= 4 is 0 Å². The second-order valence-electron chi connectivity index (χ2n) is 4.44. The van der Waals surface area contributed by atoms with Gasteiger partial charge < -0.3 is 10.1 Å². The van der Waals surface area contributed by atoms with Gasteiger partial charge in [-0.1, -0.05) is 42.0 Å². The van der Waals surface area contributed by atoms with E-state index < -0.39 is 0 Å². The highest BCUT2D eigenvalue weighted by molar-refractivity contribution is 5.28. The molecular formula is C16H19NO. The number of ether oxygens (including phenoxy) is 1. The minimum atomic E-state index is 0.852. The third kappa shape index (κ3) is 3.60. The maximum absolute atomic E-state index is 5.20. The van der Waals surface area contributed by atoms with E-state index in [1.807, 2.05) is 12.1 Å². The van der Waals surface area contributed by atoms with Crippen LogP contribution in [-0.2, 0) is 13.1 Å². The zero-order valence-electron chi connectivity index (χ0n) is 10.9. The topological polar surface area (TPSA) is 21.3 Å². The van der Waals surface area contributed by atoms with Gasteiger partial charge in [-0.2, -0.15) is 0 Å². The van der Waals surface area contributed by atoms with E-state index >= 15 is 0 Å². The summed E-state index contributed by atoms with van der Waals surface area (Å²) < 4.78 is 5.20. The van der Waals surface area contributed by atoms with Gasteiger partial charge in [-0.25, -0.2) is 0 Å². The maximum Gasteiger partial charge on any atom is 0.119 e. The number of benzene rings is 2.